The van der Waals surface area contributed by atoms with Crippen molar-refractivity contribution in [3.05, 3.63) is 35.7 Å². The summed E-state index contributed by atoms with van der Waals surface area (Å²) in [4.78, 5) is 13.8. The fourth-order valence-corrected chi connectivity index (χ4v) is 1.96. The molecule has 7 nitrogen and oxygen atoms in total. The summed E-state index contributed by atoms with van der Waals surface area (Å²) in [5, 5.41) is 13.7. The van der Waals surface area contributed by atoms with Crippen molar-refractivity contribution >= 4 is 5.91 Å². The first-order valence-corrected chi connectivity index (χ1v) is 6.73. The number of H-pyrrole nitrogens is 1. The highest BCUT2D eigenvalue weighted by Crippen LogP contribution is 2.16. The van der Waals surface area contributed by atoms with Crippen LogP contribution in [0.25, 0.3) is 0 Å². The average Bonchev–Trinajstić information content (AvgIpc) is 3.06. The van der Waals surface area contributed by atoms with E-state index < -0.39 is 0 Å². The molecule has 0 aliphatic rings. The van der Waals surface area contributed by atoms with Crippen molar-refractivity contribution in [2.75, 3.05) is 14.2 Å². The van der Waals surface area contributed by atoms with Gasteiger partial charge in [-0.2, -0.15) is 5.21 Å². The van der Waals surface area contributed by atoms with E-state index in [0.29, 0.717) is 18.7 Å². The van der Waals surface area contributed by atoms with Gasteiger partial charge in [0, 0.05) is 13.5 Å². The number of carbonyl (C=O) groups is 1. The van der Waals surface area contributed by atoms with E-state index in [1.807, 2.05) is 31.2 Å². The largest absolute Gasteiger partial charge is 0.497 e. The zero-order valence-electron chi connectivity index (χ0n) is 12.4. The molecule has 0 radical (unpaired) electrons. The monoisotopic (exact) mass is 289 g/mol. The summed E-state index contributed by atoms with van der Waals surface area (Å²) >= 11 is 0. The van der Waals surface area contributed by atoms with Gasteiger partial charge in [-0.25, -0.2) is 0 Å². The average molecular weight is 289 g/mol. The highest BCUT2D eigenvalue weighted by molar-refractivity contribution is 5.76. The quantitative estimate of drug-likeness (QED) is 0.868. The van der Waals surface area contributed by atoms with Crippen LogP contribution in [0.15, 0.2) is 24.3 Å². The van der Waals surface area contributed by atoms with Crippen LogP contribution in [-0.4, -0.2) is 45.6 Å². The molecule has 1 amide bonds. The van der Waals surface area contributed by atoms with Gasteiger partial charge in [0.25, 0.3) is 0 Å². The van der Waals surface area contributed by atoms with Crippen molar-refractivity contribution in [2.45, 2.75) is 25.8 Å². The molecule has 0 fully saturated rings. The van der Waals surface area contributed by atoms with Gasteiger partial charge in [0.1, 0.15) is 5.75 Å². The zero-order chi connectivity index (χ0) is 15.2. The summed E-state index contributed by atoms with van der Waals surface area (Å²) in [6.45, 7) is 1.87. The van der Waals surface area contributed by atoms with Crippen LogP contribution in [0, 0.1) is 0 Å². The molecule has 1 heterocycles. The maximum absolute atomic E-state index is 12.2. The predicted octanol–water partition coefficient (Wildman–Crippen LogP) is 1.36. The molecule has 2 aromatic rings. The summed E-state index contributed by atoms with van der Waals surface area (Å²) in [6, 6.07) is 7.52. The first kappa shape index (κ1) is 15.0. The van der Waals surface area contributed by atoms with Gasteiger partial charge in [-0.05, 0) is 31.0 Å². The van der Waals surface area contributed by atoms with E-state index >= 15 is 0 Å². The lowest BCUT2D eigenvalue weighted by Gasteiger charge is -2.22. The van der Waals surface area contributed by atoms with E-state index in [-0.39, 0.29) is 11.9 Å². The second-order valence-electron chi connectivity index (χ2n) is 4.80. The number of nitrogens with zero attached hydrogens (tertiary/aromatic N) is 4. The first-order chi connectivity index (χ1) is 10.1. The topological polar surface area (TPSA) is 84.0 Å². The number of carbonyl (C=O) groups excluding carboxylic acids is 1. The van der Waals surface area contributed by atoms with Gasteiger partial charge in [0.05, 0.1) is 13.2 Å². The van der Waals surface area contributed by atoms with E-state index in [1.165, 1.54) is 0 Å². The highest BCUT2D eigenvalue weighted by Gasteiger charge is 2.20. The molecule has 0 aliphatic carbocycles. The molecular weight excluding hydrogens is 270 g/mol. The third-order valence-electron chi connectivity index (χ3n) is 3.50. The number of aryl methyl sites for hydroxylation is 1. The molecule has 1 aromatic carbocycles. The van der Waals surface area contributed by atoms with Gasteiger partial charge in [0.15, 0.2) is 5.82 Å². The van der Waals surface area contributed by atoms with Crippen LogP contribution in [0.5, 0.6) is 5.75 Å². The molecule has 0 aliphatic heterocycles. The van der Waals surface area contributed by atoms with E-state index in [4.69, 9.17) is 4.74 Å². The van der Waals surface area contributed by atoms with E-state index in [9.17, 15) is 4.79 Å². The molecule has 21 heavy (non-hydrogen) atoms. The number of nitrogens with one attached hydrogen (secondary N) is 1. The Bertz CT molecular complexity index is 568. The van der Waals surface area contributed by atoms with E-state index in [0.717, 1.165) is 11.3 Å². The van der Waals surface area contributed by atoms with Gasteiger partial charge < -0.3 is 9.64 Å². The molecule has 0 unspecified atom stereocenters. The van der Waals surface area contributed by atoms with Gasteiger partial charge in [0.2, 0.25) is 5.91 Å². The molecule has 0 saturated heterocycles. The number of tetrazole rings is 1. The number of aromatic nitrogens is 4. The van der Waals surface area contributed by atoms with Crippen molar-refractivity contribution in [1.82, 2.24) is 25.5 Å². The van der Waals surface area contributed by atoms with Crippen LogP contribution in [0.4, 0.5) is 0 Å². The van der Waals surface area contributed by atoms with Gasteiger partial charge in [-0.3, -0.25) is 4.79 Å². The fourth-order valence-electron chi connectivity index (χ4n) is 1.96. The number of rotatable bonds is 6. The van der Waals surface area contributed by atoms with Crippen LogP contribution in [0.2, 0.25) is 0 Å². The van der Waals surface area contributed by atoms with Crippen LogP contribution >= 0.6 is 0 Å². The van der Waals surface area contributed by atoms with Crippen LogP contribution in [0.3, 0.4) is 0 Å². The molecular formula is C14H19N5O2. The van der Waals surface area contributed by atoms with Crippen molar-refractivity contribution < 1.29 is 9.53 Å². The summed E-state index contributed by atoms with van der Waals surface area (Å²) in [5.41, 5.74) is 1.10. The summed E-state index contributed by atoms with van der Waals surface area (Å²) in [5.74, 6) is 1.37. The second-order valence-corrected chi connectivity index (χ2v) is 4.80. The Morgan fingerprint density at radius 1 is 1.38 bits per heavy atom. The maximum atomic E-state index is 12.2. The molecule has 1 aromatic heterocycles. The molecule has 0 bridgehead atoms. The fraction of sp³-hybridized carbons (Fsp3) is 0.429. The van der Waals surface area contributed by atoms with Crippen molar-refractivity contribution in [1.29, 1.82) is 0 Å². The van der Waals surface area contributed by atoms with Crippen LogP contribution < -0.4 is 4.74 Å². The molecule has 0 saturated carbocycles. The zero-order valence-corrected chi connectivity index (χ0v) is 12.4. The summed E-state index contributed by atoms with van der Waals surface area (Å²) in [6.07, 6.45) is 1.12. The molecule has 2 rings (SSSR count). The minimum atomic E-state index is -0.202. The number of ether oxygens (including phenoxy) is 1. The number of amides is 1. The Labute approximate surface area is 123 Å². The molecule has 0 spiro atoms. The Kier molecular flexibility index (Phi) is 4.86. The van der Waals surface area contributed by atoms with Gasteiger partial charge in [-0.1, -0.05) is 17.3 Å². The SMILES string of the molecule is COc1ccc(CCC(=O)N(C)[C@H](C)c2nn[nH]n2)cc1. The highest BCUT2D eigenvalue weighted by atomic mass is 16.5. The van der Waals surface area contributed by atoms with Crippen molar-refractivity contribution in [2.24, 2.45) is 0 Å². The summed E-state index contributed by atoms with van der Waals surface area (Å²) in [7, 11) is 3.38. The third kappa shape index (κ3) is 3.77. The number of benzene rings is 1. The smallest absolute Gasteiger partial charge is 0.223 e. The Morgan fingerprint density at radius 3 is 2.67 bits per heavy atom. The normalized spacial score (nSPS) is 12.0. The van der Waals surface area contributed by atoms with Crippen molar-refractivity contribution in [3.8, 4) is 5.75 Å². The van der Waals surface area contributed by atoms with Crippen LogP contribution in [-0.2, 0) is 11.2 Å². The Morgan fingerprint density at radius 2 is 2.10 bits per heavy atom. The molecule has 7 heteroatoms. The van der Waals surface area contributed by atoms with E-state index in [2.05, 4.69) is 20.6 Å². The first-order valence-electron chi connectivity index (χ1n) is 6.73. The number of methoxy groups -OCH3 is 1. The third-order valence-corrected chi connectivity index (χ3v) is 3.50. The molecule has 1 N–H and O–H groups in total. The second kappa shape index (κ2) is 6.83. The number of aromatic amines is 1. The Hall–Kier alpha value is -2.44. The van der Waals surface area contributed by atoms with Gasteiger partial charge in [-0.15, -0.1) is 10.2 Å². The molecule has 112 valence electrons. The standard InChI is InChI=1S/C14H19N5O2/c1-10(14-15-17-18-16-14)19(2)13(20)9-6-11-4-7-12(21-3)8-5-11/h4-5,7-8,10H,6,9H2,1-3H3,(H,15,16,17,18)/t10-/m1/s1. The minimum Gasteiger partial charge on any atom is -0.497 e. The Balaban J connectivity index is 1.88. The minimum absolute atomic E-state index is 0.0446. The van der Waals surface area contributed by atoms with Crippen LogP contribution in [0.1, 0.15) is 30.8 Å². The van der Waals surface area contributed by atoms with E-state index in [1.54, 1.807) is 19.1 Å². The molecule has 1 atom stereocenters. The number of hydrogen-bond acceptors (Lipinski definition) is 5. The van der Waals surface area contributed by atoms with Crippen molar-refractivity contribution in [3.63, 3.8) is 0 Å². The lowest BCUT2D eigenvalue weighted by Crippen LogP contribution is -2.30. The predicted molar refractivity (Wildman–Crippen MR) is 76.7 cm³/mol. The van der Waals surface area contributed by atoms with Gasteiger partial charge >= 0.3 is 0 Å². The lowest BCUT2D eigenvalue weighted by atomic mass is 10.1. The maximum Gasteiger partial charge on any atom is 0.223 e. The number of hydrogen-bond donors (Lipinski definition) is 1. The lowest BCUT2D eigenvalue weighted by molar-refractivity contribution is -0.131. The summed E-state index contributed by atoms with van der Waals surface area (Å²) < 4.78 is 5.11.